The lowest BCUT2D eigenvalue weighted by molar-refractivity contribution is -0.151. The summed E-state index contributed by atoms with van der Waals surface area (Å²) in [5, 5.41) is 22.9. The summed E-state index contributed by atoms with van der Waals surface area (Å²) < 4.78 is 9.99. The molecule has 0 unspecified atom stereocenters. The Morgan fingerprint density at radius 2 is 1.49 bits per heavy atom. The van der Waals surface area contributed by atoms with Crippen LogP contribution >= 0.6 is 59.1 Å². The SMILES string of the molecule is O=C(O)C[C@@H](Oc1c(Br)cc(-c2c3ccccc3c(Br)c3sc4ccccc4c23)cc1Br)C(=O)O. The van der Waals surface area contributed by atoms with Crippen molar-refractivity contribution in [3.8, 4) is 16.9 Å². The first-order valence-electron chi connectivity index (χ1n) is 10.4. The van der Waals surface area contributed by atoms with Crippen molar-refractivity contribution in [3.63, 3.8) is 0 Å². The maximum Gasteiger partial charge on any atom is 0.345 e. The molecule has 9 heteroatoms. The summed E-state index contributed by atoms with van der Waals surface area (Å²) in [6, 6.07) is 20.2. The molecule has 0 amide bonds. The van der Waals surface area contributed by atoms with Crippen molar-refractivity contribution in [2.24, 2.45) is 0 Å². The van der Waals surface area contributed by atoms with E-state index in [1.807, 2.05) is 36.4 Å². The molecular weight excluding hydrogens is 664 g/mol. The maximum absolute atomic E-state index is 11.5. The van der Waals surface area contributed by atoms with Gasteiger partial charge in [-0.15, -0.1) is 11.3 Å². The Kier molecular flexibility index (Phi) is 6.61. The first-order valence-corrected chi connectivity index (χ1v) is 13.6. The number of hydrogen-bond donors (Lipinski definition) is 2. The Bertz CT molecular complexity index is 1640. The van der Waals surface area contributed by atoms with Crippen LogP contribution in [0.5, 0.6) is 5.75 Å². The fourth-order valence-corrected chi connectivity index (χ4v) is 7.52. The quantitative estimate of drug-likeness (QED) is 0.188. The Morgan fingerprint density at radius 1 is 0.886 bits per heavy atom. The number of aliphatic carboxylic acids is 2. The second-order valence-electron chi connectivity index (χ2n) is 7.85. The van der Waals surface area contributed by atoms with Crippen molar-refractivity contribution in [2.75, 3.05) is 0 Å². The first kappa shape index (κ1) is 24.2. The molecule has 0 aliphatic carbocycles. The molecule has 5 rings (SSSR count). The van der Waals surface area contributed by atoms with Crippen LogP contribution in [0.2, 0.25) is 0 Å². The van der Waals surface area contributed by atoms with Crippen molar-refractivity contribution in [2.45, 2.75) is 12.5 Å². The van der Waals surface area contributed by atoms with E-state index in [0.717, 1.165) is 41.8 Å². The maximum atomic E-state index is 11.5. The van der Waals surface area contributed by atoms with Gasteiger partial charge in [0.1, 0.15) is 5.75 Å². The van der Waals surface area contributed by atoms with E-state index in [2.05, 4.69) is 72.1 Å². The molecule has 1 aromatic heterocycles. The second kappa shape index (κ2) is 9.54. The molecule has 1 heterocycles. The van der Waals surface area contributed by atoms with Crippen LogP contribution in [-0.2, 0) is 9.59 Å². The molecule has 0 fully saturated rings. The highest BCUT2D eigenvalue weighted by Crippen LogP contribution is 2.50. The minimum absolute atomic E-state index is 0.232. The zero-order valence-corrected chi connectivity index (χ0v) is 23.3. The van der Waals surface area contributed by atoms with Crippen LogP contribution in [0.25, 0.3) is 42.1 Å². The average Bonchev–Trinajstić information content (AvgIpc) is 3.20. The summed E-state index contributed by atoms with van der Waals surface area (Å²) in [6.07, 6.45) is -2.18. The summed E-state index contributed by atoms with van der Waals surface area (Å²) in [4.78, 5) is 22.6. The molecular formula is C26H15Br3O5S. The Labute approximate surface area is 228 Å². The summed E-state index contributed by atoms with van der Waals surface area (Å²) in [6.45, 7) is 0. The van der Waals surface area contributed by atoms with Gasteiger partial charge in [0.2, 0.25) is 6.10 Å². The lowest BCUT2D eigenvalue weighted by atomic mass is 9.93. The zero-order valence-electron chi connectivity index (χ0n) is 17.7. The predicted octanol–water partition coefficient (Wildman–Crippen LogP) is 8.47. The van der Waals surface area contributed by atoms with Gasteiger partial charge in [0.15, 0.2) is 0 Å². The summed E-state index contributed by atoms with van der Waals surface area (Å²) in [5.74, 6) is -2.37. The largest absolute Gasteiger partial charge is 0.481 e. The van der Waals surface area contributed by atoms with E-state index in [1.54, 1.807) is 11.3 Å². The Hall–Kier alpha value is -2.46. The molecule has 5 aromatic rings. The molecule has 0 saturated heterocycles. The monoisotopic (exact) mass is 676 g/mol. The molecule has 0 aliphatic heterocycles. The number of halogens is 3. The van der Waals surface area contributed by atoms with Gasteiger partial charge < -0.3 is 14.9 Å². The Morgan fingerprint density at radius 3 is 2.11 bits per heavy atom. The zero-order chi connectivity index (χ0) is 24.9. The lowest BCUT2D eigenvalue weighted by Gasteiger charge is -2.18. The number of benzene rings is 4. The van der Waals surface area contributed by atoms with Crippen molar-refractivity contribution >= 4 is 102 Å². The second-order valence-corrected chi connectivity index (χ2v) is 11.4. The van der Waals surface area contributed by atoms with Gasteiger partial charge >= 0.3 is 11.9 Å². The molecule has 176 valence electrons. The standard InChI is InChI=1S/C26H15Br3O5S/c27-16-9-12(10-17(28)24(16)34-18(26(32)33)11-20(30)31)21-13-5-1-2-6-14(13)23(29)25-22(21)15-7-3-4-8-19(15)35-25/h1-10,18H,11H2,(H,30,31)(H,32,33)/t18-/m1/s1. The number of ether oxygens (including phenoxy) is 1. The van der Waals surface area contributed by atoms with E-state index in [1.165, 1.54) is 4.70 Å². The molecule has 0 aliphatic rings. The highest BCUT2D eigenvalue weighted by molar-refractivity contribution is 9.11. The summed E-state index contributed by atoms with van der Waals surface area (Å²) in [5.41, 5.74) is 1.95. The molecule has 0 bridgehead atoms. The van der Waals surface area contributed by atoms with Crippen molar-refractivity contribution in [1.82, 2.24) is 0 Å². The van der Waals surface area contributed by atoms with Gasteiger partial charge in [-0.05, 0) is 87.9 Å². The van der Waals surface area contributed by atoms with Crippen LogP contribution in [0.4, 0.5) is 0 Å². The van der Waals surface area contributed by atoms with Gasteiger partial charge in [-0.25, -0.2) is 4.79 Å². The molecule has 4 aromatic carbocycles. The van der Waals surface area contributed by atoms with Gasteiger partial charge in [0, 0.05) is 19.9 Å². The van der Waals surface area contributed by atoms with E-state index in [4.69, 9.17) is 9.84 Å². The third-order valence-corrected chi connectivity index (χ3v) is 9.11. The fraction of sp³-hybridized carbons (Fsp3) is 0.0769. The van der Waals surface area contributed by atoms with Crippen LogP contribution in [0.1, 0.15) is 6.42 Å². The molecule has 5 nitrogen and oxygen atoms in total. The normalized spacial score (nSPS) is 12.3. The predicted molar refractivity (Wildman–Crippen MR) is 150 cm³/mol. The highest BCUT2D eigenvalue weighted by Gasteiger charge is 2.26. The number of carboxylic acid groups (broad SMARTS) is 2. The number of hydrogen-bond acceptors (Lipinski definition) is 4. The van der Waals surface area contributed by atoms with Crippen molar-refractivity contribution in [1.29, 1.82) is 0 Å². The van der Waals surface area contributed by atoms with E-state index in [9.17, 15) is 14.7 Å². The van der Waals surface area contributed by atoms with Gasteiger partial charge in [0.25, 0.3) is 0 Å². The fourth-order valence-electron chi connectivity index (χ4n) is 4.19. The van der Waals surface area contributed by atoms with E-state index in [0.29, 0.717) is 8.95 Å². The average molecular weight is 679 g/mol. The van der Waals surface area contributed by atoms with Crippen LogP contribution in [0, 0.1) is 0 Å². The summed E-state index contributed by atoms with van der Waals surface area (Å²) in [7, 11) is 0. The van der Waals surface area contributed by atoms with E-state index in [-0.39, 0.29) is 5.75 Å². The molecule has 0 spiro atoms. The first-order chi connectivity index (χ1) is 16.8. The third-order valence-electron chi connectivity index (χ3n) is 5.66. The summed E-state index contributed by atoms with van der Waals surface area (Å²) >= 11 is 12.6. The van der Waals surface area contributed by atoms with E-state index < -0.39 is 24.5 Å². The third kappa shape index (κ3) is 4.35. The Balaban J connectivity index is 1.77. The molecule has 1 atom stereocenters. The van der Waals surface area contributed by atoms with Crippen molar-refractivity contribution in [3.05, 3.63) is 74.1 Å². The number of fused-ring (bicyclic) bond motifs is 4. The minimum atomic E-state index is -1.52. The van der Waals surface area contributed by atoms with Crippen molar-refractivity contribution < 1.29 is 24.5 Å². The van der Waals surface area contributed by atoms with Crippen LogP contribution in [0.15, 0.2) is 74.1 Å². The number of thiophene rings is 1. The number of carboxylic acids is 2. The molecule has 0 saturated carbocycles. The van der Waals surface area contributed by atoms with Crippen LogP contribution in [-0.4, -0.2) is 28.3 Å². The van der Waals surface area contributed by atoms with Gasteiger partial charge in [-0.2, -0.15) is 0 Å². The molecule has 35 heavy (non-hydrogen) atoms. The van der Waals surface area contributed by atoms with Crippen LogP contribution in [0.3, 0.4) is 0 Å². The van der Waals surface area contributed by atoms with Gasteiger partial charge in [-0.1, -0.05) is 42.5 Å². The van der Waals surface area contributed by atoms with E-state index >= 15 is 0 Å². The molecule has 2 N–H and O–H groups in total. The molecule has 0 radical (unpaired) electrons. The highest BCUT2D eigenvalue weighted by atomic mass is 79.9. The van der Waals surface area contributed by atoms with Gasteiger partial charge in [0.05, 0.1) is 20.1 Å². The minimum Gasteiger partial charge on any atom is -0.481 e. The lowest BCUT2D eigenvalue weighted by Crippen LogP contribution is -2.30. The van der Waals surface area contributed by atoms with Crippen LogP contribution < -0.4 is 4.74 Å². The van der Waals surface area contributed by atoms with Gasteiger partial charge in [-0.3, -0.25) is 4.79 Å². The number of carbonyl (C=O) groups is 2. The topological polar surface area (TPSA) is 83.8 Å². The number of rotatable bonds is 6. The smallest absolute Gasteiger partial charge is 0.345 e.